The fourth-order valence-corrected chi connectivity index (χ4v) is 1.61. The maximum absolute atomic E-state index is 5.68. The first kappa shape index (κ1) is 11.2. The molecule has 0 aliphatic heterocycles. The molecule has 0 aliphatic carbocycles. The fraction of sp³-hybridized carbons (Fsp3) is 0.385. The van der Waals surface area contributed by atoms with Gasteiger partial charge in [0.1, 0.15) is 11.3 Å². The maximum Gasteiger partial charge on any atom is 0.134 e. The van der Waals surface area contributed by atoms with Crippen molar-refractivity contribution in [2.45, 2.75) is 19.6 Å². The maximum atomic E-state index is 5.68. The first-order valence-electron chi connectivity index (χ1n) is 5.50. The first-order chi connectivity index (χ1) is 7.79. The minimum absolute atomic E-state index is 0.226. The lowest BCUT2D eigenvalue weighted by Crippen LogP contribution is -2.25. The van der Waals surface area contributed by atoms with Crippen LogP contribution in [0.3, 0.4) is 0 Å². The van der Waals surface area contributed by atoms with Crippen molar-refractivity contribution >= 4 is 11.0 Å². The van der Waals surface area contributed by atoms with E-state index in [-0.39, 0.29) is 6.10 Å². The average molecular weight is 219 g/mol. The molecule has 2 rings (SSSR count). The van der Waals surface area contributed by atoms with Gasteiger partial charge < -0.3 is 14.5 Å². The predicted molar refractivity (Wildman–Crippen MR) is 64.4 cm³/mol. The summed E-state index contributed by atoms with van der Waals surface area (Å²) in [7, 11) is 1.72. The van der Waals surface area contributed by atoms with Crippen LogP contribution in [0.25, 0.3) is 11.0 Å². The second-order valence-electron chi connectivity index (χ2n) is 3.93. The molecule has 0 aliphatic rings. The summed E-state index contributed by atoms with van der Waals surface area (Å²) in [4.78, 5) is 0. The van der Waals surface area contributed by atoms with Crippen LogP contribution in [0.1, 0.15) is 12.7 Å². The van der Waals surface area contributed by atoms with Crippen LogP contribution in [0.5, 0.6) is 0 Å². The van der Waals surface area contributed by atoms with E-state index in [9.17, 15) is 0 Å². The molecular formula is C13H17NO2. The van der Waals surface area contributed by atoms with Gasteiger partial charge in [-0.2, -0.15) is 0 Å². The largest absolute Gasteiger partial charge is 0.460 e. The van der Waals surface area contributed by atoms with Gasteiger partial charge in [-0.3, -0.25) is 0 Å². The highest BCUT2D eigenvalue weighted by atomic mass is 16.5. The van der Waals surface area contributed by atoms with Crippen molar-refractivity contribution in [3.63, 3.8) is 0 Å². The van der Waals surface area contributed by atoms with Gasteiger partial charge >= 0.3 is 0 Å². The molecule has 1 atom stereocenters. The zero-order valence-corrected chi connectivity index (χ0v) is 9.69. The number of hydrogen-bond acceptors (Lipinski definition) is 3. The van der Waals surface area contributed by atoms with Crippen molar-refractivity contribution in [3.8, 4) is 0 Å². The van der Waals surface area contributed by atoms with Gasteiger partial charge in [0.15, 0.2) is 0 Å². The summed E-state index contributed by atoms with van der Waals surface area (Å²) >= 11 is 0. The number of methoxy groups -OCH3 is 1. The molecule has 1 aromatic heterocycles. The molecule has 0 amide bonds. The Balaban J connectivity index is 1.94. The van der Waals surface area contributed by atoms with Gasteiger partial charge in [-0.05, 0) is 19.1 Å². The predicted octanol–water partition coefficient (Wildman–Crippen LogP) is 2.56. The number of ether oxygens (including phenoxy) is 1. The van der Waals surface area contributed by atoms with E-state index >= 15 is 0 Å². The van der Waals surface area contributed by atoms with Crippen LogP contribution < -0.4 is 5.32 Å². The Morgan fingerprint density at radius 2 is 2.19 bits per heavy atom. The Labute approximate surface area is 95.4 Å². The van der Waals surface area contributed by atoms with Crippen LogP contribution in [0, 0.1) is 0 Å². The summed E-state index contributed by atoms with van der Waals surface area (Å²) < 4.78 is 10.8. The van der Waals surface area contributed by atoms with Crippen LogP contribution in [0.2, 0.25) is 0 Å². The lowest BCUT2D eigenvalue weighted by Gasteiger charge is -2.09. The molecule has 3 heteroatoms. The van der Waals surface area contributed by atoms with Crippen molar-refractivity contribution in [1.82, 2.24) is 5.32 Å². The minimum Gasteiger partial charge on any atom is -0.460 e. The molecule has 0 saturated carbocycles. The topological polar surface area (TPSA) is 34.4 Å². The van der Waals surface area contributed by atoms with Crippen LogP contribution in [0.4, 0.5) is 0 Å². The van der Waals surface area contributed by atoms with Crippen LogP contribution in [-0.4, -0.2) is 19.8 Å². The second-order valence-corrected chi connectivity index (χ2v) is 3.93. The molecule has 1 heterocycles. The van der Waals surface area contributed by atoms with Gasteiger partial charge in [0, 0.05) is 19.0 Å². The van der Waals surface area contributed by atoms with Crippen LogP contribution >= 0.6 is 0 Å². The summed E-state index contributed by atoms with van der Waals surface area (Å²) in [6, 6.07) is 10.1. The standard InChI is InChI=1S/C13H17NO2/c1-10(15-2)8-14-9-12-7-11-5-3-4-6-13(11)16-12/h3-7,10,14H,8-9H2,1-2H3. The van der Waals surface area contributed by atoms with Gasteiger partial charge in [0.25, 0.3) is 0 Å². The molecule has 0 bridgehead atoms. The van der Waals surface area contributed by atoms with Crippen LogP contribution in [0.15, 0.2) is 34.7 Å². The Morgan fingerprint density at radius 1 is 1.38 bits per heavy atom. The molecule has 3 nitrogen and oxygen atoms in total. The molecule has 0 saturated heterocycles. The van der Waals surface area contributed by atoms with E-state index < -0.39 is 0 Å². The average Bonchev–Trinajstić information content (AvgIpc) is 2.71. The Morgan fingerprint density at radius 3 is 2.94 bits per heavy atom. The van der Waals surface area contributed by atoms with Crippen LogP contribution in [-0.2, 0) is 11.3 Å². The molecule has 0 spiro atoms. The minimum atomic E-state index is 0.226. The molecule has 0 fully saturated rings. The van der Waals surface area contributed by atoms with E-state index in [0.717, 1.165) is 29.8 Å². The van der Waals surface area contributed by atoms with E-state index in [2.05, 4.69) is 17.4 Å². The van der Waals surface area contributed by atoms with Gasteiger partial charge in [-0.25, -0.2) is 0 Å². The van der Waals surface area contributed by atoms with Crippen molar-refractivity contribution in [1.29, 1.82) is 0 Å². The number of furan rings is 1. The molecule has 1 aromatic carbocycles. The van der Waals surface area contributed by atoms with E-state index in [4.69, 9.17) is 9.15 Å². The Hall–Kier alpha value is -1.32. The summed E-state index contributed by atoms with van der Waals surface area (Å²) in [5, 5.41) is 4.45. The van der Waals surface area contributed by atoms with Crippen molar-refractivity contribution in [2.24, 2.45) is 0 Å². The van der Waals surface area contributed by atoms with Gasteiger partial charge in [-0.1, -0.05) is 18.2 Å². The molecule has 16 heavy (non-hydrogen) atoms. The van der Waals surface area contributed by atoms with Gasteiger partial charge in [-0.15, -0.1) is 0 Å². The normalized spacial score (nSPS) is 13.1. The summed E-state index contributed by atoms with van der Waals surface area (Å²) in [5.41, 5.74) is 0.944. The summed E-state index contributed by atoms with van der Waals surface area (Å²) in [6.45, 7) is 3.60. The monoisotopic (exact) mass is 219 g/mol. The van der Waals surface area contributed by atoms with Crippen molar-refractivity contribution in [2.75, 3.05) is 13.7 Å². The molecule has 2 aromatic rings. The number of fused-ring (bicyclic) bond motifs is 1. The number of nitrogens with one attached hydrogen (secondary N) is 1. The highest BCUT2D eigenvalue weighted by Gasteiger charge is 2.03. The van der Waals surface area contributed by atoms with E-state index in [1.54, 1.807) is 7.11 Å². The molecule has 0 radical (unpaired) electrons. The molecule has 1 unspecified atom stereocenters. The van der Waals surface area contributed by atoms with Crippen molar-refractivity contribution in [3.05, 3.63) is 36.1 Å². The Bertz CT molecular complexity index is 417. The smallest absolute Gasteiger partial charge is 0.134 e. The number of hydrogen-bond donors (Lipinski definition) is 1. The number of para-hydroxylation sites is 1. The SMILES string of the molecule is COC(C)CNCc1cc2ccccc2o1. The van der Waals surface area contributed by atoms with E-state index in [0.29, 0.717) is 0 Å². The second kappa shape index (κ2) is 5.14. The zero-order valence-electron chi connectivity index (χ0n) is 9.69. The van der Waals surface area contributed by atoms with E-state index in [1.165, 1.54) is 0 Å². The third kappa shape index (κ3) is 2.62. The first-order valence-corrected chi connectivity index (χ1v) is 5.50. The third-order valence-electron chi connectivity index (χ3n) is 2.61. The lowest BCUT2D eigenvalue weighted by molar-refractivity contribution is 0.116. The Kier molecular flexibility index (Phi) is 3.59. The van der Waals surface area contributed by atoms with Gasteiger partial charge in [0.2, 0.25) is 0 Å². The van der Waals surface area contributed by atoms with Crippen molar-refractivity contribution < 1.29 is 9.15 Å². The molecular weight excluding hydrogens is 202 g/mol. The molecule has 1 N–H and O–H groups in total. The molecule has 86 valence electrons. The highest BCUT2D eigenvalue weighted by Crippen LogP contribution is 2.18. The zero-order chi connectivity index (χ0) is 11.4. The highest BCUT2D eigenvalue weighted by molar-refractivity contribution is 5.77. The summed E-state index contributed by atoms with van der Waals surface area (Å²) in [5.74, 6) is 0.963. The quantitative estimate of drug-likeness (QED) is 0.839. The lowest BCUT2D eigenvalue weighted by atomic mass is 10.2. The van der Waals surface area contributed by atoms with E-state index in [1.807, 2.05) is 25.1 Å². The number of benzene rings is 1. The van der Waals surface area contributed by atoms with Gasteiger partial charge in [0.05, 0.1) is 12.6 Å². The summed E-state index contributed by atoms with van der Waals surface area (Å²) in [6.07, 6.45) is 0.226. The third-order valence-corrected chi connectivity index (χ3v) is 2.61. The number of rotatable bonds is 5. The fourth-order valence-electron chi connectivity index (χ4n) is 1.61.